The Hall–Kier alpha value is -7.97. The van der Waals surface area contributed by atoms with Gasteiger partial charge in [-0.1, -0.05) is 197 Å². The topological polar surface area (TPSA) is 18.9 Å². The fraction of sp³-hybridized carbons (Fsp3) is 0.0968. The number of hydrogen-bond donors (Lipinski definition) is 0. The normalized spacial score (nSPS) is 16.0. The average molecular weight is 832 g/mol. The summed E-state index contributed by atoms with van der Waals surface area (Å²) in [6, 6.07) is 81.3. The van der Waals surface area contributed by atoms with E-state index >= 15 is 0 Å². The van der Waals surface area contributed by atoms with Crippen molar-refractivity contribution >= 4 is 6.01 Å². The van der Waals surface area contributed by atoms with Crippen LogP contribution in [0.4, 0.5) is 0 Å². The minimum Gasteiger partial charge on any atom is -0.260 e. The Morgan fingerprint density at radius 3 is 1.23 bits per heavy atom. The fourth-order valence-corrected chi connectivity index (χ4v) is 12.3. The van der Waals surface area contributed by atoms with Crippen LogP contribution in [-0.4, -0.2) is 27.2 Å². The molecule has 0 fully saturated rings. The lowest BCUT2D eigenvalue weighted by Crippen LogP contribution is -2.38. The number of hydrogen-bond acceptors (Lipinski definition) is 1. The zero-order valence-corrected chi connectivity index (χ0v) is 36.6. The number of pyridine rings is 1. The SMILES string of the molecule is CC1=C[N+](C2(c3cccc(C4(c5cccc(C6(c7cc(C)ccn7)c7ccccc7-c7ccccc76)c5)c5ccccc5-c5ccccc54)c3)c3ccccc3-c3ccccc32)=C=[N+]1C. The Labute approximate surface area is 380 Å². The van der Waals surface area contributed by atoms with Crippen LogP contribution >= 0.6 is 0 Å². The highest BCUT2D eigenvalue weighted by molar-refractivity contribution is 5.89. The van der Waals surface area contributed by atoms with Crippen molar-refractivity contribution in [2.75, 3.05) is 7.05 Å². The molecule has 0 bridgehead atoms. The average Bonchev–Trinajstić information content (AvgIpc) is 4.06. The van der Waals surface area contributed by atoms with E-state index in [1.165, 1.54) is 94.6 Å². The Morgan fingerprint density at radius 2 is 0.785 bits per heavy atom. The van der Waals surface area contributed by atoms with Crippen LogP contribution in [0.15, 0.2) is 224 Å². The third kappa shape index (κ3) is 4.83. The van der Waals surface area contributed by atoms with Crippen molar-refractivity contribution in [1.29, 1.82) is 0 Å². The molecule has 13 rings (SSSR count). The highest BCUT2D eigenvalue weighted by Gasteiger charge is 2.57. The summed E-state index contributed by atoms with van der Waals surface area (Å²) in [6.07, 6.45) is 4.25. The van der Waals surface area contributed by atoms with E-state index in [9.17, 15) is 0 Å². The second-order valence-corrected chi connectivity index (χ2v) is 18.2. The van der Waals surface area contributed by atoms with Crippen LogP contribution in [0.25, 0.3) is 33.4 Å². The predicted octanol–water partition coefficient (Wildman–Crippen LogP) is 13.1. The van der Waals surface area contributed by atoms with Gasteiger partial charge in [-0.05, 0) is 103 Å². The smallest absolute Gasteiger partial charge is 0.260 e. The molecule has 0 radical (unpaired) electrons. The number of allylic oxidation sites excluding steroid dienone is 1. The number of aromatic nitrogens is 1. The molecule has 0 unspecified atom stereocenters. The van der Waals surface area contributed by atoms with Gasteiger partial charge >= 0.3 is 6.01 Å². The maximum absolute atomic E-state index is 5.27. The van der Waals surface area contributed by atoms with E-state index < -0.39 is 16.4 Å². The Bertz CT molecular complexity index is 3460. The summed E-state index contributed by atoms with van der Waals surface area (Å²) in [5.74, 6) is 0. The summed E-state index contributed by atoms with van der Waals surface area (Å²) in [7, 11) is 2.09. The third-order valence-electron chi connectivity index (χ3n) is 15.0. The summed E-state index contributed by atoms with van der Waals surface area (Å²) >= 11 is 0. The molecule has 4 aliphatic rings. The molecule has 3 heteroatoms. The summed E-state index contributed by atoms with van der Waals surface area (Å²) in [4.78, 5) is 5.27. The number of aryl methyl sites for hydroxylation is 1. The molecular weight excluding hydrogens is 787 g/mol. The fourth-order valence-electron chi connectivity index (χ4n) is 12.3. The van der Waals surface area contributed by atoms with Gasteiger partial charge in [0.1, 0.15) is 0 Å². The molecule has 2 heterocycles. The molecule has 0 saturated carbocycles. The van der Waals surface area contributed by atoms with Crippen molar-refractivity contribution in [1.82, 2.24) is 4.98 Å². The zero-order chi connectivity index (χ0) is 43.5. The minimum atomic E-state index is -0.686. The molecule has 9 aromatic rings. The lowest BCUT2D eigenvalue weighted by Gasteiger charge is -2.37. The number of fused-ring (bicyclic) bond motifs is 9. The molecular formula is C62H45N3+2. The first-order chi connectivity index (χ1) is 32.0. The molecule has 0 saturated heterocycles. The summed E-state index contributed by atoms with van der Waals surface area (Å²) < 4.78 is 4.45. The number of nitrogens with zero attached hydrogens (tertiary/aromatic N) is 3. The minimum absolute atomic E-state index is 0.658. The van der Waals surface area contributed by atoms with Crippen molar-refractivity contribution in [3.05, 3.63) is 291 Å². The van der Waals surface area contributed by atoms with Crippen LogP contribution in [0.3, 0.4) is 0 Å². The van der Waals surface area contributed by atoms with E-state index in [2.05, 4.69) is 249 Å². The monoisotopic (exact) mass is 831 g/mol. The van der Waals surface area contributed by atoms with Crippen molar-refractivity contribution < 1.29 is 9.15 Å². The lowest BCUT2D eigenvalue weighted by atomic mass is 9.64. The summed E-state index contributed by atoms with van der Waals surface area (Å²) in [5, 5.41) is 0. The maximum Gasteiger partial charge on any atom is 0.490 e. The standard InChI is InChI=1S/C62H45N3/c1-41-34-35-63-59(36-41)61(55-30-12-6-24-49(55)50-25-7-13-31-56(50)61)45-20-16-18-43(37-45)60(53-28-10-4-22-47(53)48-23-5-11-29-54(48)60)44-19-17-21-46(38-44)62(65-39-42(2)64(3)40-65)57-32-14-8-26-51(57)52-27-9-15-33-58(52)62/h4-39H,1-3H3/q+2. The van der Waals surface area contributed by atoms with Gasteiger partial charge in [0.25, 0.3) is 17.4 Å². The van der Waals surface area contributed by atoms with E-state index in [1.807, 2.05) is 6.20 Å². The second-order valence-electron chi connectivity index (χ2n) is 18.2. The maximum atomic E-state index is 5.27. The number of benzene rings is 8. The lowest BCUT2D eigenvalue weighted by molar-refractivity contribution is -0.533. The number of rotatable bonds is 6. The molecule has 0 spiro atoms. The largest absolute Gasteiger partial charge is 0.490 e. The molecule has 65 heavy (non-hydrogen) atoms. The molecule has 8 aromatic carbocycles. The molecule has 3 aliphatic carbocycles. The van der Waals surface area contributed by atoms with Crippen molar-refractivity contribution in [2.45, 2.75) is 30.2 Å². The van der Waals surface area contributed by atoms with Gasteiger partial charge in [0, 0.05) is 29.8 Å². The van der Waals surface area contributed by atoms with Gasteiger partial charge in [0.05, 0.1) is 16.5 Å². The molecule has 1 aliphatic heterocycles. The van der Waals surface area contributed by atoms with E-state index in [4.69, 9.17) is 4.98 Å². The quantitative estimate of drug-likeness (QED) is 0.153. The molecule has 306 valence electrons. The van der Waals surface area contributed by atoms with E-state index in [0.717, 1.165) is 11.4 Å². The van der Waals surface area contributed by atoms with Crippen molar-refractivity contribution in [2.24, 2.45) is 0 Å². The van der Waals surface area contributed by atoms with Crippen LogP contribution in [0.5, 0.6) is 0 Å². The molecule has 0 atom stereocenters. The Kier molecular flexibility index (Phi) is 7.96. The van der Waals surface area contributed by atoms with Gasteiger partial charge in [-0.3, -0.25) is 4.98 Å². The van der Waals surface area contributed by atoms with Crippen LogP contribution in [0.2, 0.25) is 0 Å². The van der Waals surface area contributed by atoms with Gasteiger partial charge in [-0.15, -0.1) is 0 Å². The van der Waals surface area contributed by atoms with Crippen LogP contribution in [0.1, 0.15) is 73.8 Å². The van der Waals surface area contributed by atoms with Gasteiger partial charge < -0.3 is 0 Å². The zero-order valence-electron chi connectivity index (χ0n) is 36.6. The predicted molar refractivity (Wildman–Crippen MR) is 261 cm³/mol. The van der Waals surface area contributed by atoms with Crippen LogP contribution in [-0.2, 0) is 16.4 Å². The van der Waals surface area contributed by atoms with Crippen molar-refractivity contribution in [3.63, 3.8) is 0 Å². The summed E-state index contributed by atoms with van der Waals surface area (Å²) in [6.45, 7) is 4.34. The highest BCUT2D eigenvalue weighted by atomic mass is 15.2. The third-order valence-corrected chi connectivity index (χ3v) is 15.0. The highest BCUT2D eigenvalue weighted by Crippen LogP contribution is 2.60. The van der Waals surface area contributed by atoms with E-state index in [0.29, 0.717) is 0 Å². The van der Waals surface area contributed by atoms with Gasteiger partial charge in [0.2, 0.25) is 0 Å². The van der Waals surface area contributed by atoms with E-state index in [-0.39, 0.29) is 0 Å². The molecule has 0 N–H and O–H groups in total. The van der Waals surface area contributed by atoms with Crippen molar-refractivity contribution in [3.8, 4) is 33.4 Å². The Balaban J connectivity index is 1.14. The van der Waals surface area contributed by atoms with Gasteiger partial charge in [-0.25, -0.2) is 0 Å². The van der Waals surface area contributed by atoms with Gasteiger partial charge in [-0.2, -0.15) is 0 Å². The first-order valence-corrected chi connectivity index (χ1v) is 22.7. The first kappa shape index (κ1) is 37.6. The van der Waals surface area contributed by atoms with E-state index in [1.54, 1.807) is 0 Å². The van der Waals surface area contributed by atoms with Crippen LogP contribution < -0.4 is 0 Å². The van der Waals surface area contributed by atoms with Crippen LogP contribution in [0, 0.1) is 6.92 Å². The molecule has 0 amide bonds. The summed E-state index contributed by atoms with van der Waals surface area (Å²) in [5.41, 5.74) is 21.3. The molecule has 3 nitrogen and oxygen atoms in total. The van der Waals surface area contributed by atoms with Gasteiger partial charge in [0.15, 0.2) is 7.05 Å². The first-order valence-electron chi connectivity index (χ1n) is 22.7. The molecule has 1 aromatic heterocycles. The second kappa shape index (κ2) is 13.8. The Morgan fingerprint density at radius 1 is 0.400 bits per heavy atom.